The van der Waals surface area contributed by atoms with E-state index in [-0.39, 0.29) is 5.78 Å². The highest BCUT2D eigenvalue weighted by Crippen LogP contribution is 2.06. The molecule has 0 spiro atoms. The van der Waals surface area contributed by atoms with Crippen LogP contribution >= 0.6 is 0 Å². The SMILES string of the molecule is C=CCCCn1ccc(C(=O)CC)c1. The topological polar surface area (TPSA) is 22.0 Å². The summed E-state index contributed by atoms with van der Waals surface area (Å²) in [5.74, 6) is 0.215. The number of Topliss-reactive ketones (excluding diaryl/α,β-unsaturated/α-hetero) is 1. The lowest BCUT2D eigenvalue weighted by atomic mass is 10.2. The van der Waals surface area contributed by atoms with Crippen LogP contribution < -0.4 is 0 Å². The summed E-state index contributed by atoms with van der Waals surface area (Å²) in [4.78, 5) is 11.3. The van der Waals surface area contributed by atoms with Gasteiger partial charge in [-0.2, -0.15) is 0 Å². The molecule has 0 saturated heterocycles. The van der Waals surface area contributed by atoms with Crippen LogP contribution in [0.15, 0.2) is 31.1 Å². The number of aromatic nitrogens is 1. The molecule has 1 heterocycles. The van der Waals surface area contributed by atoms with E-state index in [1.165, 1.54) is 0 Å². The number of nitrogens with zero attached hydrogens (tertiary/aromatic N) is 1. The van der Waals surface area contributed by atoms with Gasteiger partial charge in [-0.3, -0.25) is 4.79 Å². The molecule has 0 unspecified atom stereocenters. The summed E-state index contributed by atoms with van der Waals surface area (Å²) in [5, 5.41) is 0. The molecule has 0 bridgehead atoms. The normalized spacial score (nSPS) is 10.1. The molecule has 14 heavy (non-hydrogen) atoms. The van der Waals surface area contributed by atoms with Crippen LogP contribution in [0.2, 0.25) is 0 Å². The zero-order valence-corrected chi connectivity index (χ0v) is 8.70. The van der Waals surface area contributed by atoms with Crippen molar-refractivity contribution in [2.75, 3.05) is 0 Å². The summed E-state index contributed by atoms with van der Waals surface area (Å²) in [6, 6.07) is 1.89. The number of carbonyl (C=O) groups is 1. The van der Waals surface area contributed by atoms with Gasteiger partial charge in [0.2, 0.25) is 0 Å². The number of carbonyl (C=O) groups excluding carboxylic acids is 1. The summed E-state index contributed by atoms with van der Waals surface area (Å²) < 4.78 is 2.06. The van der Waals surface area contributed by atoms with E-state index in [0.717, 1.165) is 24.9 Å². The third kappa shape index (κ3) is 2.87. The van der Waals surface area contributed by atoms with Gasteiger partial charge in [0, 0.05) is 30.9 Å². The maximum atomic E-state index is 11.3. The quantitative estimate of drug-likeness (QED) is 0.385. The molecule has 1 aromatic heterocycles. The van der Waals surface area contributed by atoms with Crippen molar-refractivity contribution >= 4 is 5.78 Å². The number of ketones is 1. The second-order valence-electron chi connectivity index (χ2n) is 3.35. The van der Waals surface area contributed by atoms with Gasteiger partial charge in [-0.1, -0.05) is 13.0 Å². The van der Waals surface area contributed by atoms with E-state index in [1.807, 2.05) is 31.5 Å². The van der Waals surface area contributed by atoms with Crippen LogP contribution in [-0.2, 0) is 6.54 Å². The fourth-order valence-electron chi connectivity index (χ4n) is 1.37. The zero-order valence-electron chi connectivity index (χ0n) is 8.70. The molecule has 0 aliphatic rings. The molecule has 2 heteroatoms. The maximum Gasteiger partial charge on any atom is 0.164 e. The summed E-state index contributed by atoms with van der Waals surface area (Å²) in [7, 11) is 0. The van der Waals surface area contributed by atoms with Gasteiger partial charge in [-0.05, 0) is 18.9 Å². The number of rotatable bonds is 6. The van der Waals surface area contributed by atoms with E-state index >= 15 is 0 Å². The van der Waals surface area contributed by atoms with Crippen molar-refractivity contribution in [3.05, 3.63) is 36.7 Å². The predicted octanol–water partition coefficient (Wildman–Crippen LogP) is 3.05. The minimum Gasteiger partial charge on any atom is -0.353 e. The smallest absolute Gasteiger partial charge is 0.164 e. The molecule has 0 amide bonds. The first-order valence-corrected chi connectivity index (χ1v) is 5.07. The fraction of sp³-hybridized carbons (Fsp3) is 0.417. The van der Waals surface area contributed by atoms with Gasteiger partial charge in [0.05, 0.1) is 0 Å². The van der Waals surface area contributed by atoms with Gasteiger partial charge >= 0.3 is 0 Å². The number of unbranched alkanes of at least 4 members (excludes halogenated alkanes) is 1. The van der Waals surface area contributed by atoms with Crippen molar-refractivity contribution in [3.8, 4) is 0 Å². The Bertz CT molecular complexity index is 312. The van der Waals surface area contributed by atoms with E-state index in [9.17, 15) is 4.79 Å². The van der Waals surface area contributed by atoms with Crippen molar-refractivity contribution in [1.82, 2.24) is 4.57 Å². The van der Waals surface area contributed by atoms with E-state index in [2.05, 4.69) is 11.1 Å². The van der Waals surface area contributed by atoms with Crippen LogP contribution in [0.25, 0.3) is 0 Å². The Labute approximate surface area is 85.2 Å². The van der Waals surface area contributed by atoms with Crippen molar-refractivity contribution in [2.45, 2.75) is 32.7 Å². The van der Waals surface area contributed by atoms with E-state index in [4.69, 9.17) is 0 Å². The molecule has 0 aliphatic heterocycles. The Morgan fingerprint density at radius 2 is 2.43 bits per heavy atom. The highest BCUT2D eigenvalue weighted by molar-refractivity contribution is 5.95. The summed E-state index contributed by atoms with van der Waals surface area (Å²) in [6.07, 6.45) is 8.49. The molecule has 1 rings (SSSR count). The monoisotopic (exact) mass is 191 g/mol. The second kappa shape index (κ2) is 5.43. The lowest BCUT2D eigenvalue weighted by molar-refractivity contribution is 0.0988. The van der Waals surface area contributed by atoms with Crippen LogP contribution in [-0.4, -0.2) is 10.4 Å². The number of aryl methyl sites for hydroxylation is 1. The maximum absolute atomic E-state index is 11.3. The van der Waals surface area contributed by atoms with Crippen molar-refractivity contribution in [2.24, 2.45) is 0 Å². The molecule has 0 atom stereocenters. The minimum atomic E-state index is 0.215. The van der Waals surface area contributed by atoms with Crippen molar-refractivity contribution in [3.63, 3.8) is 0 Å². The third-order valence-electron chi connectivity index (χ3n) is 2.22. The molecule has 1 aromatic rings. The Morgan fingerprint density at radius 1 is 1.64 bits per heavy atom. The Morgan fingerprint density at radius 3 is 3.07 bits per heavy atom. The summed E-state index contributed by atoms with van der Waals surface area (Å²) in [6.45, 7) is 6.52. The van der Waals surface area contributed by atoms with Crippen LogP contribution in [0.4, 0.5) is 0 Å². The molecule has 76 valence electrons. The van der Waals surface area contributed by atoms with Crippen LogP contribution in [0.1, 0.15) is 36.5 Å². The van der Waals surface area contributed by atoms with Crippen molar-refractivity contribution in [1.29, 1.82) is 0 Å². The molecular formula is C12H17NO. The molecule has 0 saturated carbocycles. The number of allylic oxidation sites excluding steroid dienone is 1. The van der Waals surface area contributed by atoms with Crippen molar-refractivity contribution < 1.29 is 4.79 Å². The van der Waals surface area contributed by atoms with Crippen LogP contribution in [0.3, 0.4) is 0 Å². The molecule has 0 fully saturated rings. The number of hydrogen-bond donors (Lipinski definition) is 0. The first-order chi connectivity index (χ1) is 6.77. The van der Waals surface area contributed by atoms with Gasteiger partial charge in [0.1, 0.15) is 0 Å². The summed E-state index contributed by atoms with van der Waals surface area (Å²) >= 11 is 0. The van der Waals surface area contributed by atoms with Crippen LogP contribution in [0.5, 0.6) is 0 Å². The standard InChI is InChI=1S/C12H17NO/c1-3-5-6-8-13-9-7-11(10-13)12(14)4-2/h3,7,9-10H,1,4-6,8H2,2H3. The highest BCUT2D eigenvalue weighted by atomic mass is 16.1. The fourth-order valence-corrected chi connectivity index (χ4v) is 1.37. The van der Waals surface area contributed by atoms with E-state index < -0.39 is 0 Å². The van der Waals surface area contributed by atoms with Crippen LogP contribution in [0, 0.1) is 0 Å². The Kier molecular flexibility index (Phi) is 4.17. The number of hydrogen-bond acceptors (Lipinski definition) is 1. The van der Waals surface area contributed by atoms with E-state index in [1.54, 1.807) is 0 Å². The molecule has 2 nitrogen and oxygen atoms in total. The highest BCUT2D eigenvalue weighted by Gasteiger charge is 2.03. The molecule has 0 aromatic carbocycles. The average Bonchev–Trinajstić information content (AvgIpc) is 2.66. The van der Waals surface area contributed by atoms with E-state index in [0.29, 0.717) is 6.42 Å². The molecular weight excluding hydrogens is 174 g/mol. The average molecular weight is 191 g/mol. The molecule has 0 radical (unpaired) electrons. The van der Waals surface area contributed by atoms with Gasteiger partial charge in [0.25, 0.3) is 0 Å². The third-order valence-corrected chi connectivity index (χ3v) is 2.22. The summed E-state index contributed by atoms with van der Waals surface area (Å²) in [5.41, 5.74) is 0.825. The lowest BCUT2D eigenvalue weighted by Gasteiger charge is -1.99. The lowest BCUT2D eigenvalue weighted by Crippen LogP contribution is -1.96. The zero-order chi connectivity index (χ0) is 10.4. The largest absolute Gasteiger partial charge is 0.353 e. The van der Waals surface area contributed by atoms with Gasteiger partial charge in [-0.25, -0.2) is 0 Å². The molecule has 0 aliphatic carbocycles. The van der Waals surface area contributed by atoms with Gasteiger partial charge in [0.15, 0.2) is 5.78 Å². The Balaban J connectivity index is 2.50. The van der Waals surface area contributed by atoms with Gasteiger partial charge in [-0.15, -0.1) is 6.58 Å². The Hall–Kier alpha value is -1.31. The first-order valence-electron chi connectivity index (χ1n) is 5.07. The first kappa shape index (κ1) is 10.8. The molecule has 0 N–H and O–H groups in total. The van der Waals surface area contributed by atoms with Gasteiger partial charge < -0.3 is 4.57 Å². The second-order valence-corrected chi connectivity index (χ2v) is 3.35. The predicted molar refractivity (Wildman–Crippen MR) is 58.5 cm³/mol. The minimum absolute atomic E-state index is 0.215.